The lowest BCUT2D eigenvalue weighted by atomic mass is 9.70. The number of aliphatic hydroxyl groups excluding tert-OH is 1. The van der Waals surface area contributed by atoms with E-state index in [0.717, 1.165) is 16.5 Å². The van der Waals surface area contributed by atoms with Crippen LogP contribution in [0.4, 0.5) is 0 Å². The van der Waals surface area contributed by atoms with Gasteiger partial charge in [0.05, 0.1) is 12.1 Å². The van der Waals surface area contributed by atoms with E-state index in [2.05, 4.69) is 35.8 Å². The van der Waals surface area contributed by atoms with E-state index >= 15 is 0 Å². The molecular formula is C12H16BrNO. The standard InChI is InChI=1S/C12H16BrNO/c1-12(2)6-10(15)11(14)8-5-7(13)3-4-9(8)12/h3-5,10-11,15H,6,14H2,1-2H3/t10-,11-/m1/s1. The largest absolute Gasteiger partial charge is 0.391 e. The van der Waals surface area contributed by atoms with Gasteiger partial charge in [-0.2, -0.15) is 0 Å². The Bertz CT molecular complexity index is 389. The molecule has 1 aliphatic rings. The molecule has 3 heteroatoms. The molecule has 15 heavy (non-hydrogen) atoms. The zero-order valence-electron chi connectivity index (χ0n) is 9.00. The minimum absolute atomic E-state index is 0.00528. The molecule has 2 rings (SSSR count). The van der Waals surface area contributed by atoms with Gasteiger partial charge >= 0.3 is 0 Å². The molecule has 0 aliphatic heterocycles. The van der Waals surface area contributed by atoms with Gasteiger partial charge in [0, 0.05) is 4.47 Å². The molecule has 82 valence electrons. The van der Waals surface area contributed by atoms with Crippen molar-refractivity contribution in [3.8, 4) is 0 Å². The highest BCUT2D eigenvalue weighted by atomic mass is 79.9. The van der Waals surface area contributed by atoms with Crippen molar-refractivity contribution in [2.45, 2.75) is 37.8 Å². The maximum atomic E-state index is 9.91. The summed E-state index contributed by atoms with van der Waals surface area (Å²) < 4.78 is 1.02. The summed E-state index contributed by atoms with van der Waals surface area (Å²) in [7, 11) is 0. The molecule has 2 nitrogen and oxygen atoms in total. The van der Waals surface area contributed by atoms with Crippen LogP contribution in [0.25, 0.3) is 0 Å². The Labute approximate surface area is 98.6 Å². The van der Waals surface area contributed by atoms with Crippen molar-refractivity contribution in [2.75, 3.05) is 0 Å². The van der Waals surface area contributed by atoms with Gasteiger partial charge in [0.25, 0.3) is 0 Å². The summed E-state index contributed by atoms with van der Waals surface area (Å²) in [6, 6.07) is 5.89. The second-order valence-electron chi connectivity index (χ2n) is 4.91. The quantitative estimate of drug-likeness (QED) is 0.760. The molecule has 1 aromatic carbocycles. The topological polar surface area (TPSA) is 46.2 Å². The van der Waals surface area contributed by atoms with Crippen LogP contribution in [-0.2, 0) is 5.41 Å². The molecule has 0 spiro atoms. The van der Waals surface area contributed by atoms with E-state index in [-0.39, 0.29) is 11.5 Å². The Kier molecular flexibility index (Phi) is 2.65. The molecule has 0 unspecified atom stereocenters. The van der Waals surface area contributed by atoms with Gasteiger partial charge in [0.15, 0.2) is 0 Å². The molecule has 0 bridgehead atoms. The lowest BCUT2D eigenvalue weighted by molar-refractivity contribution is 0.0994. The molecule has 0 aromatic heterocycles. The molecule has 0 fully saturated rings. The first kappa shape index (κ1) is 11.1. The molecule has 3 N–H and O–H groups in total. The highest BCUT2D eigenvalue weighted by molar-refractivity contribution is 9.10. The van der Waals surface area contributed by atoms with Crippen LogP contribution in [0, 0.1) is 0 Å². The zero-order chi connectivity index (χ0) is 11.2. The maximum absolute atomic E-state index is 9.91. The van der Waals surface area contributed by atoms with Gasteiger partial charge < -0.3 is 10.8 Å². The Morgan fingerprint density at radius 1 is 1.47 bits per heavy atom. The van der Waals surface area contributed by atoms with Crippen LogP contribution in [0.1, 0.15) is 37.4 Å². The Hall–Kier alpha value is -0.380. The van der Waals surface area contributed by atoms with Crippen LogP contribution < -0.4 is 5.73 Å². The van der Waals surface area contributed by atoms with Crippen molar-refractivity contribution in [3.05, 3.63) is 33.8 Å². The Morgan fingerprint density at radius 3 is 2.80 bits per heavy atom. The molecule has 0 heterocycles. The SMILES string of the molecule is CC1(C)C[C@@H](O)[C@H](N)c2cc(Br)ccc21. The van der Waals surface area contributed by atoms with E-state index < -0.39 is 6.10 Å². The highest BCUT2D eigenvalue weighted by Gasteiger charge is 2.36. The van der Waals surface area contributed by atoms with E-state index in [9.17, 15) is 5.11 Å². The van der Waals surface area contributed by atoms with E-state index in [1.54, 1.807) is 0 Å². The zero-order valence-corrected chi connectivity index (χ0v) is 10.6. The minimum atomic E-state index is -0.443. The van der Waals surface area contributed by atoms with Crippen LogP contribution in [0.5, 0.6) is 0 Å². The van der Waals surface area contributed by atoms with Gasteiger partial charge in [-0.25, -0.2) is 0 Å². The number of nitrogens with two attached hydrogens (primary N) is 1. The highest BCUT2D eigenvalue weighted by Crippen LogP contribution is 2.41. The van der Waals surface area contributed by atoms with E-state index in [1.807, 2.05) is 12.1 Å². The smallest absolute Gasteiger partial charge is 0.0741 e. The van der Waals surface area contributed by atoms with Gasteiger partial charge in [-0.3, -0.25) is 0 Å². The van der Waals surface area contributed by atoms with Crippen molar-refractivity contribution < 1.29 is 5.11 Å². The van der Waals surface area contributed by atoms with Crippen molar-refractivity contribution in [3.63, 3.8) is 0 Å². The second-order valence-corrected chi connectivity index (χ2v) is 5.83. The number of fused-ring (bicyclic) bond motifs is 1. The van der Waals surface area contributed by atoms with E-state index in [0.29, 0.717) is 0 Å². The predicted molar refractivity (Wildman–Crippen MR) is 64.7 cm³/mol. The maximum Gasteiger partial charge on any atom is 0.0741 e. The molecule has 0 radical (unpaired) electrons. The third-order valence-corrected chi connectivity index (χ3v) is 3.73. The number of hydrogen-bond acceptors (Lipinski definition) is 2. The fourth-order valence-electron chi connectivity index (χ4n) is 2.39. The first-order valence-electron chi connectivity index (χ1n) is 5.15. The van der Waals surface area contributed by atoms with Gasteiger partial charge in [0.2, 0.25) is 0 Å². The van der Waals surface area contributed by atoms with Crippen molar-refractivity contribution in [1.82, 2.24) is 0 Å². The van der Waals surface area contributed by atoms with Crippen LogP contribution in [0.15, 0.2) is 22.7 Å². The van der Waals surface area contributed by atoms with Crippen LogP contribution >= 0.6 is 15.9 Å². The van der Waals surface area contributed by atoms with Gasteiger partial charge in [-0.15, -0.1) is 0 Å². The fraction of sp³-hybridized carbons (Fsp3) is 0.500. The number of rotatable bonds is 0. The number of halogens is 1. The summed E-state index contributed by atoms with van der Waals surface area (Å²) in [5, 5.41) is 9.91. The number of hydrogen-bond donors (Lipinski definition) is 2. The van der Waals surface area contributed by atoms with E-state index in [1.165, 1.54) is 5.56 Å². The third kappa shape index (κ3) is 1.84. The molecule has 0 saturated carbocycles. The van der Waals surface area contributed by atoms with Gasteiger partial charge in [0.1, 0.15) is 0 Å². The molecule has 0 amide bonds. The Balaban J connectivity index is 2.59. The summed E-state index contributed by atoms with van der Waals surface area (Å²) in [5.41, 5.74) is 8.33. The predicted octanol–water partition coefficient (Wildman–Crippen LogP) is 2.49. The monoisotopic (exact) mass is 269 g/mol. The van der Waals surface area contributed by atoms with Crippen LogP contribution in [0.3, 0.4) is 0 Å². The average molecular weight is 270 g/mol. The van der Waals surface area contributed by atoms with Crippen molar-refractivity contribution in [1.29, 1.82) is 0 Å². The number of aliphatic hydroxyl groups is 1. The van der Waals surface area contributed by atoms with Crippen molar-refractivity contribution in [2.24, 2.45) is 5.73 Å². The summed E-state index contributed by atoms with van der Waals surface area (Å²) >= 11 is 3.44. The van der Waals surface area contributed by atoms with Gasteiger partial charge in [-0.1, -0.05) is 35.8 Å². The minimum Gasteiger partial charge on any atom is -0.391 e. The third-order valence-electron chi connectivity index (χ3n) is 3.24. The molecule has 0 saturated heterocycles. The average Bonchev–Trinajstić information content (AvgIpc) is 2.13. The Morgan fingerprint density at radius 2 is 2.13 bits per heavy atom. The molecule has 1 aromatic rings. The van der Waals surface area contributed by atoms with Crippen LogP contribution in [-0.4, -0.2) is 11.2 Å². The summed E-state index contributed by atoms with van der Waals surface area (Å²) in [5.74, 6) is 0. The first-order valence-corrected chi connectivity index (χ1v) is 5.95. The van der Waals surface area contributed by atoms with Crippen LogP contribution in [0.2, 0.25) is 0 Å². The summed E-state index contributed by atoms with van der Waals surface area (Å²) in [4.78, 5) is 0. The number of benzene rings is 1. The van der Waals surface area contributed by atoms with Gasteiger partial charge in [-0.05, 0) is 35.1 Å². The molecular weight excluding hydrogens is 254 g/mol. The van der Waals surface area contributed by atoms with Crippen molar-refractivity contribution >= 4 is 15.9 Å². The lowest BCUT2D eigenvalue weighted by Gasteiger charge is -2.39. The normalized spacial score (nSPS) is 28.6. The molecule has 2 atom stereocenters. The first-order chi connectivity index (χ1) is 6.92. The summed E-state index contributed by atoms with van der Waals surface area (Å²) in [6.45, 7) is 4.30. The molecule has 1 aliphatic carbocycles. The second kappa shape index (κ2) is 3.58. The summed E-state index contributed by atoms with van der Waals surface area (Å²) in [6.07, 6.45) is 0.282. The van der Waals surface area contributed by atoms with E-state index in [4.69, 9.17) is 5.73 Å². The lowest BCUT2D eigenvalue weighted by Crippen LogP contribution is -2.39. The fourth-order valence-corrected chi connectivity index (χ4v) is 2.77.